The van der Waals surface area contributed by atoms with Crippen molar-refractivity contribution in [3.63, 3.8) is 0 Å². The van der Waals surface area contributed by atoms with E-state index in [9.17, 15) is 17.8 Å². The van der Waals surface area contributed by atoms with E-state index < -0.39 is 21.8 Å². The van der Waals surface area contributed by atoms with Crippen LogP contribution in [0.15, 0.2) is 27.6 Å². The third kappa shape index (κ3) is 4.77. The summed E-state index contributed by atoms with van der Waals surface area (Å²) in [6, 6.07) is 5.34. The lowest BCUT2D eigenvalue weighted by Crippen LogP contribution is -2.32. The molecule has 1 amide bonds. The third-order valence-corrected chi connectivity index (χ3v) is 5.47. The Morgan fingerprint density at radius 1 is 1.48 bits per heavy atom. The number of thioether (sulfide) groups is 1. The van der Waals surface area contributed by atoms with Gasteiger partial charge in [-0.15, -0.1) is 0 Å². The van der Waals surface area contributed by atoms with Crippen LogP contribution in [0, 0.1) is 0 Å². The van der Waals surface area contributed by atoms with Gasteiger partial charge in [-0.25, -0.2) is 8.42 Å². The van der Waals surface area contributed by atoms with Crippen LogP contribution < -0.4 is 4.74 Å². The summed E-state index contributed by atoms with van der Waals surface area (Å²) in [5.74, 6) is -0.515. The minimum Gasteiger partial charge on any atom is -0.748 e. The molecule has 0 saturated carbocycles. The highest BCUT2D eigenvalue weighted by Gasteiger charge is 2.32. The minimum atomic E-state index is -4.41. The quantitative estimate of drug-likeness (QED) is 0.397. The molecular weight excluding hydrogens is 426 g/mol. The van der Waals surface area contributed by atoms with E-state index in [4.69, 9.17) is 17.0 Å². The van der Waals surface area contributed by atoms with E-state index in [1.54, 1.807) is 24.3 Å². The number of carbonyl (C=O) groups excluding carboxylic acids is 1. The first-order valence-corrected chi connectivity index (χ1v) is 9.83. The van der Waals surface area contributed by atoms with Gasteiger partial charge in [0.15, 0.2) is 0 Å². The Labute approximate surface area is 151 Å². The Kier molecular flexibility index (Phi) is 5.84. The fraction of sp³-hybridized carbons (Fsp3) is 0.231. The summed E-state index contributed by atoms with van der Waals surface area (Å²) >= 11 is 9.48. The average Bonchev–Trinajstić information content (AvgIpc) is 2.71. The number of hydrogen-bond donors (Lipinski definition) is 0. The second-order valence-corrected chi connectivity index (χ2v) is 8.60. The first-order chi connectivity index (χ1) is 10.7. The largest absolute Gasteiger partial charge is 0.748 e. The van der Waals surface area contributed by atoms with Gasteiger partial charge in [-0.1, -0.05) is 39.9 Å². The molecule has 1 aromatic rings. The zero-order chi connectivity index (χ0) is 17.2. The molecule has 1 fully saturated rings. The number of amides is 1. The smallest absolute Gasteiger partial charge is 0.266 e. The topological polar surface area (TPSA) is 86.7 Å². The van der Waals surface area contributed by atoms with Crippen molar-refractivity contribution in [2.75, 3.05) is 19.4 Å². The van der Waals surface area contributed by atoms with Gasteiger partial charge < -0.3 is 9.29 Å². The Balaban J connectivity index is 2.27. The van der Waals surface area contributed by atoms with E-state index in [1.807, 2.05) is 0 Å². The number of benzene rings is 1. The maximum atomic E-state index is 12.3. The van der Waals surface area contributed by atoms with E-state index >= 15 is 0 Å². The summed E-state index contributed by atoms with van der Waals surface area (Å²) in [6.45, 7) is -0.247. The molecule has 1 aromatic carbocycles. The van der Waals surface area contributed by atoms with Crippen LogP contribution in [0.4, 0.5) is 0 Å². The van der Waals surface area contributed by atoms with Gasteiger partial charge in [-0.2, -0.15) is 0 Å². The fourth-order valence-corrected chi connectivity index (χ4v) is 3.94. The number of halogens is 1. The van der Waals surface area contributed by atoms with Crippen LogP contribution in [0.25, 0.3) is 6.08 Å². The Bertz CT molecular complexity index is 791. The molecule has 6 nitrogen and oxygen atoms in total. The Hall–Kier alpha value is -0.940. The molecule has 10 heteroatoms. The number of ether oxygens (including phenoxy) is 1. The monoisotopic (exact) mass is 436 g/mol. The summed E-state index contributed by atoms with van der Waals surface area (Å²) in [4.78, 5) is 13.8. The minimum absolute atomic E-state index is 0.221. The van der Waals surface area contributed by atoms with Crippen molar-refractivity contribution >= 4 is 66.3 Å². The van der Waals surface area contributed by atoms with Crippen molar-refractivity contribution in [3.05, 3.63) is 33.1 Å². The van der Waals surface area contributed by atoms with Crippen molar-refractivity contribution < 1.29 is 22.5 Å². The molecule has 0 unspecified atom stereocenters. The molecule has 0 radical (unpaired) electrons. The highest BCUT2D eigenvalue weighted by atomic mass is 79.9. The average molecular weight is 437 g/mol. The predicted octanol–water partition coefficient (Wildman–Crippen LogP) is 2.20. The fourth-order valence-electron chi connectivity index (χ4n) is 1.86. The van der Waals surface area contributed by atoms with Crippen molar-refractivity contribution in [3.8, 4) is 5.75 Å². The summed E-state index contributed by atoms with van der Waals surface area (Å²) in [5, 5.41) is 0. The SMILES string of the molecule is COc1ccc(Br)cc1/C=C1/SC(=S)N(CCS(=O)(=O)[O-])C1=O. The van der Waals surface area contributed by atoms with E-state index in [1.165, 1.54) is 7.11 Å². The number of carbonyl (C=O) groups is 1. The van der Waals surface area contributed by atoms with Crippen LogP contribution in [0.5, 0.6) is 5.75 Å². The van der Waals surface area contributed by atoms with Crippen molar-refractivity contribution in [1.82, 2.24) is 4.90 Å². The highest BCUT2D eigenvalue weighted by molar-refractivity contribution is 9.10. The standard InChI is InChI=1S/C13H12BrNO5S3/c1-20-10-3-2-9(14)6-8(10)7-11-12(16)15(13(21)22-11)4-5-23(17,18)19/h2-3,6-7H,4-5H2,1H3,(H,17,18,19)/p-1/b11-7+. The summed E-state index contributed by atoms with van der Waals surface area (Å²) < 4.78 is 38.4. The molecule has 0 spiro atoms. The van der Waals surface area contributed by atoms with Crippen LogP contribution in [-0.4, -0.2) is 47.5 Å². The van der Waals surface area contributed by atoms with Gasteiger partial charge in [0.2, 0.25) is 0 Å². The Morgan fingerprint density at radius 3 is 2.78 bits per heavy atom. The van der Waals surface area contributed by atoms with Gasteiger partial charge in [-0.05, 0) is 24.3 Å². The number of rotatable bonds is 5. The molecule has 1 aliphatic heterocycles. The molecule has 124 valence electrons. The van der Waals surface area contributed by atoms with Crippen molar-refractivity contribution in [2.24, 2.45) is 0 Å². The lowest BCUT2D eigenvalue weighted by atomic mass is 10.2. The van der Waals surface area contributed by atoms with Gasteiger partial charge >= 0.3 is 0 Å². The van der Waals surface area contributed by atoms with E-state index in [0.29, 0.717) is 16.2 Å². The van der Waals surface area contributed by atoms with Crippen molar-refractivity contribution in [1.29, 1.82) is 0 Å². The van der Waals surface area contributed by atoms with Crippen molar-refractivity contribution in [2.45, 2.75) is 0 Å². The lowest BCUT2D eigenvalue weighted by Gasteiger charge is -2.15. The third-order valence-electron chi connectivity index (χ3n) is 2.92. The maximum absolute atomic E-state index is 12.3. The number of thiocarbonyl (C=S) groups is 1. The molecular formula is C13H11BrNO5S3-. The molecule has 2 rings (SSSR count). The van der Waals surface area contributed by atoms with Gasteiger partial charge in [0.1, 0.15) is 10.1 Å². The number of methoxy groups -OCH3 is 1. The van der Waals surface area contributed by atoms with Gasteiger partial charge in [0.25, 0.3) is 5.91 Å². The molecule has 0 aliphatic carbocycles. The molecule has 23 heavy (non-hydrogen) atoms. The molecule has 0 N–H and O–H groups in total. The molecule has 1 aliphatic rings. The summed E-state index contributed by atoms with van der Waals surface area (Å²) in [7, 11) is -2.89. The van der Waals surface area contributed by atoms with Gasteiger partial charge in [0.05, 0.1) is 27.9 Å². The summed E-state index contributed by atoms with van der Waals surface area (Å²) in [5.41, 5.74) is 0.679. The molecule has 0 bridgehead atoms. The zero-order valence-electron chi connectivity index (χ0n) is 11.8. The second kappa shape index (κ2) is 7.31. The lowest BCUT2D eigenvalue weighted by molar-refractivity contribution is -0.121. The first-order valence-electron chi connectivity index (χ1n) is 6.24. The van der Waals surface area contributed by atoms with E-state index in [0.717, 1.165) is 21.1 Å². The molecule has 1 saturated heterocycles. The van der Waals surface area contributed by atoms with Crippen LogP contribution in [0.2, 0.25) is 0 Å². The van der Waals surface area contributed by atoms with Crippen LogP contribution in [0.3, 0.4) is 0 Å². The molecule has 1 heterocycles. The molecule has 0 aromatic heterocycles. The van der Waals surface area contributed by atoms with Gasteiger partial charge in [-0.3, -0.25) is 9.69 Å². The molecule has 0 atom stereocenters. The first kappa shape index (κ1) is 18.4. The summed E-state index contributed by atoms with van der Waals surface area (Å²) in [6.07, 6.45) is 1.62. The normalized spacial score (nSPS) is 17.2. The van der Waals surface area contributed by atoms with E-state index in [2.05, 4.69) is 15.9 Å². The van der Waals surface area contributed by atoms with Crippen LogP contribution in [-0.2, 0) is 14.9 Å². The highest BCUT2D eigenvalue weighted by Crippen LogP contribution is 2.34. The predicted molar refractivity (Wildman–Crippen MR) is 95.1 cm³/mol. The Morgan fingerprint density at radius 2 is 2.17 bits per heavy atom. The van der Waals surface area contributed by atoms with E-state index in [-0.39, 0.29) is 10.9 Å². The number of nitrogens with zero attached hydrogens (tertiary/aromatic N) is 1. The maximum Gasteiger partial charge on any atom is 0.266 e. The van der Waals surface area contributed by atoms with Gasteiger partial charge in [0, 0.05) is 16.6 Å². The van der Waals surface area contributed by atoms with Crippen LogP contribution >= 0.6 is 39.9 Å². The zero-order valence-corrected chi connectivity index (χ0v) is 15.9. The number of hydrogen-bond acceptors (Lipinski definition) is 7. The van der Waals surface area contributed by atoms with Crippen LogP contribution in [0.1, 0.15) is 5.56 Å². The second-order valence-electron chi connectivity index (χ2n) is 4.48.